The van der Waals surface area contributed by atoms with Crippen molar-refractivity contribution in [3.05, 3.63) is 52.2 Å². The van der Waals surface area contributed by atoms with Crippen LogP contribution in [0.2, 0.25) is 0 Å². The molecule has 0 saturated carbocycles. The van der Waals surface area contributed by atoms with E-state index in [9.17, 15) is 0 Å². The van der Waals surface area contributed by atoms with Gasteiger partial charge in [-0.05, 0) is 62.4 Å². The van der Waals surface area contributed by atoms with Gasteiger partial charge in [-0.2, -0.15) is 0 Å². The predicted molar refractivity (Wildman–Crippen MR) is 86.7 cm³/mol. The lowest BCUT2D eigenvalue weighted by molar-refractivity contribution is 0.339. The molecule has 1 heterocycles. The molecule has 0 aliphatic carbocycles. The molecule has 2 aromatic rings. The van der Waals surface area contributed by atoms with E-state index in [1.807, 2.05) is 31.4 Å². The van der Waals surface area contributed by atoms with E-state index >= 15 is 0 Å². The second kappa shape index (κ2) is 8.08. The maximum absolute atomic E-state index is 5.58. The van der Waals surface area contributed by atoms with Crippen LogP contribution in [-0.2, 0) is 6.42 Å². The highest BCUT2D eigenvalue weighted by Gasteiger charge is 2.10. The van der Waals surface area contributed by atoms with Crippen LogP contribution >= 0.6 is 11.3 Å². The maximum Gasteiger partial charge on any atom is 0.119 e. The number of ether oxygens (including phenoxy) is 1. The maximum atomic E-state index is 5.58. The number of benzene rings is 1. The van der Waals surface area contributed by atoms with Gasteiger partial charge in [0.25, 0.3) is 0 Å². The van der Waals surface area contributed by atoms with E-state index in [0.717, 1.165) is 12.2 Å². The van der Waals surface area contributed by atoms with Gasteiger partial charge >= 0.3 is 0 Å². The number of rotatable bonds is 8. The summed E-state index contributed by atoms with van der Waals surface area (Å²) in [6, 6.07) is 13.2. The summed E-state index contributed by atoms with van der Waals surface area (Å²) in [5.74, 6) is 0.962. The van der Waals surface area contributed by atoms with Gasteiger partial charge in [-0.3, -0.25) is 0 Å². The molecule has 0 saturated heterocycles. The monoisotopic (exact) mass is 289 g/mol. The van der Waals surface area contributed by atoms with Crippen LogP contribution in [0.4, 0.5) is 0 Å². The van der Waals surface area contributed by atoms with Gasteiger partial charge in [0.1, 0.15) is 5.75 Å². The van der Waals surface area contributed by atoms with Crippen LogP contribution < -0.4 is 10.1 Å². The van der Waals surface area contributed by atoms with Crippen LogP contribution in [0.15, 0.2) is 41.8 Å². The molecule has 0 spiro atoms. The van der Waals surface area contributed by atoms with Gasteiger partial charge in [0.05, 0.1) is 6.61 Å². The SMILES string of the molecule is CCOc1cccc(C(CCCc2cccs2)NC)c1. The summed E-state index contributed by atoms with van der Waals surface area (Å²) >= 11 is 1.85. The van der Waals surface area contributed by atoms with Gasteiger partial charge in [-0.15, -0.1) is 11.3 Å². The molecule has 0 aliphatic rings. The van der Waals surface area contributed by atoms with Crippen molar-refractivity contribution in [1.29, 1.82) is 0 Å². The molecular formula is C17H23NOS. The Morgan fingerprint density at radius 2 is 2.15 bits per heavy atom. The van der Waals surface area contributed by atoms with Gasteiger partial charge in [-0.1, -0.05) is 18.2 Å². The molecule has 0 bridgehead atoms. The standard InChI is InChI=1S/C17H23NOS/c1-3-19-15-8-4-7-14(13-15)17(18-2)11-5-9-16-10-6-12-20-16/h4,6-8,10,12-13,17-18H,3,5,9,11H2,1-2H3. The molecular weight excluding hydrogens is 266 g/mol. The van der Waals surface area contributed by atoms with Crippen molar-refractivity contribution >= 4 is 11.3 Å². The Bertz CT molecular complexity index is 495. The Morgan fingerprint density at radius 1 is 1.25 bits per heavy atom. The Kier molecular flexibility index (Phi) is 6.09. The average Bonchev–Trinajstić information content (AvgIpc) is 2.97. The lowest BCUT2D eigenvalue weighted by Gasteiger charge is -2.17. The molecule has 3 heteroatoms. The van der Waals surface area contributed by atoms with Gasteiger partial charge in [0.15, 0.2) is 0 Å². The molecule has 1 aromatic heterocycles. The number of hydrogen-bond donors (Lipinski definition) is 1. The molecule has 1 unspecified atom stereocenters. The summed E-state index contributed by atoms with van der Waals surface area (Å²) in [5.41, 5.74) is 1.31. The molecule has 20 heavy (non-hydrogen) atoms. The van der Waals surface area contributed by atoms with Gasteiger partial charge in [0, 0.05) is 10.9 Å². The summed E-state index contributed by atoms with van der Waals surface area (Å²) in [6.45, 7) is 2.73. The zero-order valence-electron chi connectivity index (χ0n) is 12.3. The number of thiophene rings is 1. The third-order valence-electron chi connectivity index (χ3n) is 3.42. The van der Waals surface area contributed by atoms with Crippen molar-refractivity contribution in [2.75, 3.05) is 13.7 Å². The molecule has 0 fully saturated rings. The van der Waals surface area contributed by atoms with E-state index in [2.05, 4.69) is 41.0 Å². The fourth-order valence-corrected chi connectivity index (χ4v) is 3.15. The van der Waals surface area contributed by atoms with Crippen LogP contribution in [0.1, 0.15) is 36.2 Å². The van der Waals surface area contributed by atoms with Crippen LogP contribution in [0.5, 0.6) is 5.75 Å². The molecule has 0 aliphatic heterocycles. The first-order valence-corrected chi connectivity index (χ1v) is 8.14. The summed E-state index contributed by atoms with van der Waals surface area (Å²) in [6.07, 6.45) is 3.51. The summed E-state index contributed by atoms with van der Waals surface area (Å²) in [7, 11) is 2.03. The number of aryl methyl sites for hydroxylation is 1. The smallest absolute Gasteiger partial charge is 0.119 e. The largest absolute Gasteiger partial charge is 0.494 e. The molecule has 2 nitrogen and oxygen atoms in total. The summed E-state index contributed by atoms with van der Waals surface area (Å²) in [4.78, 5) is 1.47. The first-order chi connectivity index (χ1) is 9.83. The fraction of sp³-hybridized carbons (Fsp3) is 0.412. The van der Waals surface area contributed by atoms with E-state index in [4.69, 9.17) is 4.74 Å². The Labute approximate surface area is 125 Å². The second-order valence-corrected chi connectivity index (χ2v) is 5.85. The number of hydrogen-bond acceptors (Lipinski definition) is 3. The minimum Gasteiger partial charge on any atom is -0.494 e. The van der Waals surface area contributed by atoms with Crippen molar-refractivity contribution in [2.24, 2.45) is 0 Å². The lowest BCUT2D eigenvalue weighted by atomic mass is 10.0. The highest BCUT2D eigenvalue weighted by molar-refractivity contribution is 7.09. The number of nitrogens with one attached hydrogen (secondary N) is 1. The molecule has 108 valence electrons. The first-order valence-electron chi connectivity index (χ1n) is 7.26. The van der Waals surface area contributed by atoms with E-state index in [0.29, 0.717) is 12.6 Å². The van der Waals surface area contributed by atoms with Crippen LogP contribution in [-0.4, -0.2) is 13.7 Å². The highest BCUT2D eigenvalue weighted by atomic mass is 32.1. The zero-order chi connectivity index (χ0) is 14.2. The molecule has 0 amide bonds. The summed E-state index contributed by atoms with van der Waals surface area (Å²) < 4.78 is 5.58. The van der Waals surface area contributed by atoms with Crippen molar-refractivity contribution in [3.8, 4) is 5.75 Å². The average molecular weight is 289 g/mol. The zero-order valence-corrected chi connectivity index (χ0v) is 13.1. The quantitative estimate of drug-likeness (QED) is 0.776. The third-order valence-corrected chi connectivity index (χ3v) is 4.35. The van der Waals surface area contributed by atoms with Crippen LogP contribution in [0, 0.1) is 0 Å². The van der Waals surface area contributed by atoms with Gasteiger partial charge in [0.2, 0.25) is 0 Å². The Balaban J connectivity index is 1.91. The summed E-state index contributed by atoms with van der Waals surface area (Å²) in [5, 5.41) is 5.56. The van der Waals surface area contributed by atoms with E-state index in [1.165, 1.54) is 23.3 Å². The first kappa shape index (κ1) is 15.1. The van der Waals surface area contributed by atoms with E-state index in [-0.39, 0.29) is 0 Å². The van der Waals surface area contributed by atoms with Crippen molar-refractivity contribution < 1.29 is 4.74 Å². The van der Waals surface area contributed by atoms with Gasteiger partial charge in [-0.25, -0.2) is 0 Å². The molecule has 0 radical (unpaired) electrons. The minimum atomic E-state index is 0.398. The van der Waals surface area contributed by atoms with Crippen molar-refractivity contribution in [1.82, 2.24) is 5.32 Å². The van der Waals surface area contributed by atoms with Crippen molar-refractivity contribution in [3.63, 3.8) is 0 Å². The highest BCUT2D eigenvalue weighted by Crippen LogP contribution is 2.24. The van der Waals surface area contributed by atoms with E-state index < -0.39 is 0 Å². The normalized spacial score (nSPS) is 12.3. The minimum absolute atomic E-state index is 0.398. The molecule has 1 N–H and O–H groups in total. The third kappa shape index (κ3) is 4.36. The van der Waals surface area contributed by atoms with Gasteiger partial charge < -0.3 is 10.1 Å². The topological polar surface area (TPSA) is 21.3 Å². The van der Waals surface area contributed by atoms with Crippen LogP contribution in [0.25, 0.3) is 0 Å². The fourth-order valence-electron chi connectivity index (χ4n) is 2.40. The lowest BCUT2D eigenvalue weighted by Crippen LogP contribution is -2.16. The van der Waals surface area contributed by atoms with Crippen LogP contribution in [0.3, 0.4) is 0 Å². The Hall–Kier alpha value is -1.32. The molecule has 1 aromatic carbocycles. The van der Waals surface area contributed by atoms with Crippen molar-refractivity contribution in [2.45, 2.75) is 32.2 Å². The Morgan fingerprint density at radius 3 is 2.85 bits per heavy atom. The van der Waals surface area contributed by atoms with E-state index in [1.54, 1.807) is 0 Å². The molecule has 1 atom stereocenters. The second-order valence-electron chi connectivity index (χ2n) is 4.82. The molecule has 2 rings (SSSR count). The predicted octanol–water partition coefficient (Wildman–Crippen LogP) is 4.43.